The molecule has 0 aromatic heterocycles. The fourth-order valence-corrected chi connectivity index (χ4v) is 0.335. The van der Waals surface area contributed by atoms with E-state index in [1.807, 2.05) is 0 Å². The Hall–Kier alpha value is 1.60. The number of nitrogens with one attached hydrogen (secondary N) is 1. The first-order valence-electron chi connectivity index (χ1n) is 1.49. The summed E-state index contributed by atoms with van der Waals surface area (Å²) in [5.41, 5.74) is 5.07. The van der Waals surface area contributed by atoms with Crippen LogP contribution in [0.15, 0.2) is 0 Å². The predicted octanol–water partition coefficient (Wildman–Crippen LogP) is 0.0377. The Bertz CT molecular complexity index is 24.0. The molecule has 0 saturated heterocycles. The van der Waals surface area contributed by atoms with Gasteiger partial charge < -0.3 is 0 Å². The fraction of sp³-hybridized carbons (Fsp3) is 1.00. The van der Waals surface area contributed by atoms with E-state index in [0.717, 1.165) is 13.1 Å². The van der Waals surface area contributed by atoms with E-state index in [1.165, 1.54) is 0 Å². The average Bonchev–Trinajstić information content (AvgIpc) is 1.41. The monoisotopic (exact) mass is 284 g/mol. The molecule has 0 aromatic carbocycles. The molecule has 0 fully saturated rings. The van der Waals surface area contributed by atoms with Gasteiger partial charge in [0.05, 0.1) is 0 Å². The number of nitrogens with two attached hydrogens (primary N) is 1. The topological polar surface area (TPSA) is 38.0 Å². The molecular weight excluding hydrogens is 273 g/mol. The van der Waals surface area contributed by atoms with Crippen molar-refractivity contribution < 1.29 is 0 Å². The first-order valence-corrected chi connectivity index (χ1v) is 2.42. The van der Waals surface area contributed by atoms with Gasteiger partial charge in [0.2, 0.25) is 0 Å². The Morgan fingerprint density at radius 3 is 1.44 bits per heavy atom. The molecule has 0 rings (SSSR count). The van der Waals surface area contributed by atoms with E-state index < -0.39 is 0 Å². The molecule has 0 aliphatic carbocycles. The second-order valence-electron chi connectivity index (χ2n) is 0.697. The first kappa shape index (κ1) is 31.2. The van der Waals surface area contributed by atoms with Gasteiger partial charge in [-0.25, -0.2) is 0 Å². The minimum absolute atomic E-state index is 0. The molecule has 0 aliphatic heterocycles. The number of hydrogen-bond donors (Lipinski definition) is 2. The Morgan fingerprint density at radius 1 is 1.11 bits per heavy atom. The molecule has 0 bridgehead atoms. The van der Waals surface area contributed by atoms with Crippen molar-refractivity contribution in [1.29, 1.82) is 0 Å². The third-order valence-electron chi connectivity index (χ3n) is 0.256. The maximum absolute atomic E-state index is 5.07. The zero-order chi connectivity index (χ0) is 4.12. The zero-order valence-electron chi connectivity index (χ0n) is 4.57. The van der Waals surface area contributed by atoms with Gasteiger partial charge in [0.15, 0.2) is 0 Å². The van der Waals surface area contributed by atoms with E-state index in [4.69, 9.17) is 5.73 Å². The molecule has 0 aromatic rings. The Morgan fingerprint density at radius 2 is 1.44 bits per heavy atom. The molecule has 0 aliphatic rings. The molecule has 0 unspecified atom stereocenters. The van der Waals surface area contributed by atoms with Gasteiger partial charge in [-0.05, 0) is 0 Å². The van der Waals surface area contributed by atoms with Crippen molar-refractivity contribution in [1.82, 2.24) is 4.33 Å². The van der Waals surface area contributed by atoms with Gasteiger partial charge in [-0.15, -0.1) is 49.6 Å². The second kappa shape index (κ2) is 33.6. The number of hydrogen-bond acceptors (Lipinski definition) is 2. The van der Waals surface area contributed by atoms with Gasteiger partial charge in [-0.3, -0.25) is 0 Å². The molecule has 0 heterocycles. The summed E-state index contributed by atoms with van der Waals surface area (Å²) in [5.74, 6) is 0. The van der Waals surface area contributed by atoms with E-state index in [-0.39, 0.29) is 49.6 Å². The van der Waals surface area contributed by atoms with E-state index >= 15 is 0 Å². The van der Waals surface area contributed by atoms with Crippen molar-refractivity contribution in [2.75, 3.05) is 13.1 Å². The third kappa shape index (κ3) is 42.8. The SMILES string of the molecule is Cl.Cl.Cl.Cl.NCCN[SeH]. The molecule has 0 amide bonds. The standard InChI is InChI=1S/C2H8N2Se.4ClH/c3-1-2-4-5;;;;/h4-5H,1-3H2;4*1H. The summed E-state index contributed by atoms with van der Waals surface area (Å²) < 4.78 is 2.83. The van der Waals surface area contributed by atoms with Crippen molar-refractivity contribution in [3.63, 3.8) is 0 Å². The van der Waals surface area contributed by atoms with Crippen LogP contribution in [0.25, 0.3) is 0 Å². The van der Waals surface area contributed by atoms with Crippen LogP contribution in [0.2, 0.25) is 0 Å². The van der Waals surface area contributed by atoms with Gasteiger partial charge in [-0.2, -0.15) is 0 Å². The molecule has 0 spiro atoms. The van der Waals surface area contributed by atoms with Crippen LogP contribution in [0.3, 0.4) is 0 Å². The number of rotatable bonds is 2. The zero-order valence-corrected chi connectivity index (χ0v) is 9.71. The van der Waals surface area contributed by atoms with Crippen molar-refractivity contribution >= 4 is 65.9 Å². The van der Waals surface area contributed by atoms with Crippen molar-refractivity contribution in [2.45, 2.75) is 0 Å². The summed E-state index contributed by atoms with van der Waals surface area (Å²) in [4.78, 5) is 0. The summed E-state index contributed by atoms with van der Waals surface area (Å²) in [6, 6.07) is 0. The van der Waals surface area contributed by atoms with Crippen LogP contribution in [0.5, 0.6) is 0 Å². The second-order valence-corrected chi connectivity index (χ2v) is 1.36. The van der Waals surface area contributed by atoms with Crippen molar-refractivity contribution in [3.05, 3.63) is 0 Å². The van der Waals surface area contributed by atoms with Crippen LogP contribution in [0, 0.1) is 0 Å². The maximum atomic E-state index is 5.07. The van der Waals surface area contributed by atoms with Crippen LogP contribution in [0.1, 0.15) is 0 Å². The molecule has 0 radical (unpaired) electrons. The van der Waals surface area contributed by atoms with Crippen LogP contribution >= 0.6 is 49.6 Å². The third-order valence-corrected chi connectivity index (χ3v) is 0.725. The van der Waals surface area contributed by atoms with Crippen LogP contribution < -0.4 is 10.1 Å². The van der Waals surface area contributed by atoms with Gasteiger partial charge >= 0.3 is 39.4 Å². The molecular formula is C2H12Cl4N2Se. The molecule has 7 heteroatoms. The van der Waals surface area contributed by atoms with Gasteiger partial charge in [0, 0.05) is 0 Å². The van der Waals surface area contributed by atoms with Crippen molar-refractivity contribution in [2.24, 2.45) is 5.73 Å². The van der Waals surface area contributed by atoms with E-state index in [0.29, 0.717) is 0 Å². The van der Waals surface area contributed by atoms with E-state index in [1.54, 1.807) is 0 Å². The van der Waals surface area contributed by atoms with Crippen LogP contribution in [0.4, 0.5) is 0 Å². The summed E-state index contributed by atoms with van der Waals surface area (Å²) in [6.07, 6.45) is 0. The summed E-state index contributed by atoms with van der Waals surface area (Å²) in [7, 11) is 0. The predicted molar refractivity (Wildman–Crippen MR) is 53.2 cm³/mol. The summed E-state index contributed by atoms with van der Waals surface area (Å²) in [5, 5.41) is 0. The molecule has 0 atom stereocenters. The molecule has 3 N–H and O–H groups in total. The quantitative estimate of drug-likeness (QED) is 0.703. The Kier molecular flexibility index (Phi) is 116. The average molecular weight is 285 g/mol. The van der Waals surface area contributed by atoms with Crippen molar-refractivity contribution in [3.8, 4) is 0 Å². The molecule has 2 nitrogen and oxygen atoms in total. The molecule has 9 heavy (non-hydrogen) atoms. The fourth-order valence-electron chi connectivity index (χ4n) is 0.0645. The Labute approximate surface area is 88.8 Å². The molecule has 0 saturated carbocycles. The van der Waals surface area contributed by atoms with Gasteiger partial charge in [-0.1, -0.05) is 0 Å². The first-order chi connectivity index (χ1) is 2.41. The van der Waals surface area contributed by atoms with E-state index in [2.05, 4.69) is 20.6 Å². The number of halogens is 4. The van der Waals surface area contributed by atoms with Crippen LogP contribution in [-0.2, 0) is 0 Å². The Balaban J connectivity index is -0.0000000133. The molecule has 64 valence electrons. The van der Waals surface area contributed by atoms with Crippen LogP contribution in [-0.4, -0.2) is 29.3 Å². The normalized spacial score (nSPS) is 4.67. The summed E-state index contributed by atoms with van der Waals surface area (Å²) in [6.45, 7) is 1.61. The van der Waals surface area contributed by atoms with E-state index in [9.17, 15) is 0 Å². The minimum atomic E-state index is 0. The van der Waals surface area contributed by atoms with Gasteiger partial charge in [0.25, 0.3) is 0 Å². The van der Waals surface area contributed by atoms with Gasteiger partial charge in [0.1, 0.15) is 0 Å². The summed E-state index contributed by atoms with van der Waals surface area (Å²) >= 11 is 2.25.